The molecule has 0 unspecified atom stereocenters. The predicted octanol–water partition coefficient (Wildman–Crippen LogP) is 1.91. The lowest BCUT2D eigenvalue weighted by Crippen LogP contribution is -2.46. The van der Waals surface area contributed by atoms with E-state index in [2.05, 4.69) is 27.1 Å². The largest absolute Gasteiger partial charge is 0.474 e. The summed E-state index contributed by atoms with van der Waals surface area (Å²) in [7, 11) is 1.97. The standard InChI is InChI=1S/C14H21ClN4O2.ClH/c1-9-8-20-4-3-19(9)14-17-12(15)7-13(18-14)21-11-5-10(6-11)16-2;/h7,9-11,16H,3-6,8H2,1-2H3;1H/t9-,10-,11-;/m0./s1. The second kappa shape index (κ2) is 7.64. The molecule has 1 N–H and O–H groups in total. The summed E-state index contributed by atoms with van der Waals surface area (Å²) in [5.74, 6) is 1.18. The van der Waals surface area contributed by atoms with E-state index in [0.717, 1.165) is 19.4 Å². The van der Waals surface area contributed by atoms with Crippen LogP contribution in [0.2, 0.25) is 5.15 Å². The van der Waals surface area contributed by atoms with Crippen molar-refractivity contribution >= 4 is 30.0 Å². The maximum absolute atomic E-state index is 6.12. The normalized spacial score (nSPS) is 27.8. The van der Waals surface area contributed by atoms with Gasteiger partial charge >= 0.3 is 0 Å². The van der Waals surface area contributed by atoms with Crippen molar-refractivity contribution in [2.75, 3.05) is 31.7 Å². The Balaban J connectivity index is 0.00000176. The number of hydrogen-bond acceptors (Lipinski definition) is 6. The lowest BCUT2D eigenvalue weighted by Gasteiger charge is -2.35. The van der Waals surface area contributed by atoms with Crippen molar-refractivity contribution in [3.63, 3.8) is 0 Å². The molecule has 0 radical (unpaired) electrons. The topological polar surface area (TPSA) is 59.5 Å². The number of rotatable bonds is 4. The Morgan fingerprint density at radius 2 is 2.18 bits per heavy atom. The minimum absolute atomic E-state index is 0. The third-order valence-electron chi connectivity index (χ3n) is 4.07. The van der Waals surface area contributed by atoms with Crippen molar-refractivity contribution in [3.05, 3.63) is 11.2 Å². The molecular formula is C14H22Cl2N4O2. The van der Waals surface area contributed by atoms with Gasteiger partial charge in [0, 0.05) is 18.7 Å². The van der Waals surface area contributed by atoms with Gasteiger partial charge in [-0.15, -0.1) is 12.4 Å². The van der Waals surface area contributed by atoms with Gasteiger partial charge in [0.2, 0.25) is 11.8 Å². The Hall–Kier alpha value is -0.820. The molecule has 1 atom stereocenters. The third-order valence-corrected chi connectivity index (χ3v) is 4.27. The van der Waals surface area contributed by atoms with Gasteiger partial charge in [0.25, 0.3) is 0 Å². The summed E-state index contributed by atoms with van der Waals surface area (Å²) in [5.41, 5.74) is 0. The average molecular weight is 349 g/mol. The summed E-state index contributed by atoms with van der Waals surface area (Å²) in [6, 6.07) is 2.47. The molecule has 2 fully saturated rings. The lowest BCUT2D eigenvalue weighted by atomic mass is 9.89. The quantitative estimate of drug-likeness (QED) is 0.838. The van der Waals surface area contributed by atoms with Crippen LogP contribution in [-0.4, -0.2) is 55.0 Å². The molecule has 0 amide bonds. The van der Waals surface area contributed by atoms with Gasteiger partial charge in [-0.2, -0.15) is 4.98 Å². The zero-order valence-electron chi connectivity index (χ0n) is 12.8. The summed E-state index contributed by atoms with van der Waals surface area (Å²) >= 11 is 6.12. The number of hydrogen-bond donors (Lipinski definition) is 1. The van der Waals surface area contributed by atoms with Gasteiger partial charge in [0.05, 0.1) is 19.3 Å². The van der Waals surface area contributed by atoms with Crippen molar-refractivity contribution in [1.29, 1.82) is 0 Å². The van der Waals surface area contributed by atoms with E-state index in [0.29, 0.717) is 36.2 Å². The molecule has 124 valence electrons. The van der Waals surface area contributed by atoms with Crippen molar-refractivity contribution in [3.8, 4) is 5.88 Å². The summed E-state index contributed by atoms with van der Waals surface area (Å²) in [4.78, 5) is 10.9. The maximum Gasteiger partial charge on any atom is 0.230 e. The molecule has 8 heteroatoms. The number of halogens is 2. The smallest absolute Gasteiger partial charge is 0.230 e. The van der Waals surface area contributed by atoms with Crippen LogP contribution in [0.5, 0.6) is 5.88 Å². The summed E-state index contributed by atoms with van der Waals surface area (Å²) in [5, 5.41) is 3.65. The van der Waals surface area contributed by atoms with Crippen LogP contribution in [0, 0.1) is 0 Å². The summed E-state index contributed by atoms with van der Waals surface area (Å²) in [6.45, 7) is 4.22. The first-order valence-corrected chi connectivity index (χ1v) is 7.76. The van der Waals surface area contributed by atoms with Crippen LogP contribution in [-0.2, 0) is 4.74 Å². The first kappa shape index (κ1) is 17.5. The highest BCUT2D eigenvalue weighted by molar-refractivity contribution is 6.29. The first-order chi connectivity index (χ1) is 10.2. The monoisotopic (exact) mass is 348 g/mol. The predicted molar refractivity (Wildman–Crippen MR) is 88.4 cm³/mol. The summed E-state index contributed by atoms with van der Waals surface area (Å²) in [6.07, 6.45) is 2.21. The zero-order valence-corrected chi connectivity index (χ0v) is 14.4. The molecule has 22 heavy (non-hydrogen) atoms. The minimum atomic E-state index is 0. The Kier molecular flexibility index (Phi) is 6.09. The molecule has 1 aromatic heterocycles. The van der Waals surface area contributed by atoms with Gasteiger partial charge in [0.1, 0.15) is 11.3 Å². The van der Waals surface area contributed by atoms with Crippen LogP contribution >= 0.6 is 24.0 Å². The van der Waals surface area contributed by atoms with Crippen molar-refractivity contribution < 1.29 is 9.47 Å². The molecule has 0 bridgehead atoms. The van der Waals surface area contributed by atoms with E-state index >= 15 is 0 Å². The van der Waals surface area contributed by atoms with Crippen LogP contribution in [0.25, 0.3) is 0 Å². The number of morpholine rings is 1. The molecule has 1 saturated heterocycles. The highest BCUT2D eigenvalue weighted by Gasteiger charge is 2.30. The van der Waals surface area contributed by atoms with Crippen LogP contribution < -0.4 is 15.0 Å². The van der Waals surface area contributed by atoms with Crippen molar-refractivity contribution in [1.82, 2.24) is 15.3 Å². The second-order valence-corrected chi connectivity index (χ2v) is 6.03. The Labute approximate surface area is 142 Å². The molecule has 1 saturated carbocycles. The SMILES string of the molecule is CN[C@H]1C[C@H](Oc2cc(Cl)nc(N3CCOC[C@@H]3C)n2)C1.Cl. The summed E-state index contributed by atoms with van der Waals surface area (Å²) < 4.78 is 11.3. The van der Waals surface area contributed by atoms with Gasteiger partial charge in [-0.05, 0) is 26.8 Å². The third kappa shape index (κ3) is 3.93. The van der Waals surface area contributed by atoms with Gasteiger partial charge in [-0.25, -0.2) is 4.98 Å². The fourth-order valence-electron chi connectivity index (χ4n) is 2.67. The van der Waals surface area contributed by atoms with Crippen LogP contribution in [0.1, 0.15) is 19.8 Å². The van der Waals surface area contributed by atoms with Gasteiger partial charge in [-0.1, -0.05) is 11.6 Å². The Morgan fingerprint density at radius 1 is 1.41 bits per heavy atom. The molecule has 1 aromatic rings. The highest BCUT2D eigenvalue weighted by atomic mass is 35.5. The number of anilines is 1. The van der Waals surface area contributed by atoms with Gasteiger partial charge < -0.3 is 19.7 Å². The molecule has 6 nitrogen and oxygen atoms in total. The zero-order chi connectivity index (χ0) is 14.8. The fourth-order valence-corrected chi connectivity index (χ4v) is 2.84. The van der Waals surface area contributed by atoms with Crippen LogP contribution in [0.15, 0.2) is 6.07 Å². The van der Waals surface area contributed by atoms with Crippen molar-refractivity contribution in [2.24, 2.45) is 0 Å². The van der Waals surface area contributed by atoms with E-state index in [-0.39, 0.29) is 24.6 Å². The van der Waals surface area contributed by atoms with E-state index in [4.69, 9.17) is 21.1 Å². The lowest BCUT2D eigenvalue weighted by molar-refractivity contribution is 0.0829. The molecule has 3 rings (SSSR count). The van der Waals surface area contributed by atoms with E-state index in [1.807, 2.05) is 7.05 Å². The van der Waals surface area contributed by atoms with Crippen molar-refractivity contribution in [2.45, 2.75) is 38.0 Å². The molecule has 2 heterocycles. The number of nitrogens with zero attached hydrogens (tertiary/aromatic N) is 3. The molecule has 0 aromatic carbocycles. The molecular weight excluding hydrogens is 327 g/mol. The Bertz CT molecular complexity index is 500. The highest BCUT2D eigenvalue weighted by Crippen LogP contribution is 2.27. The molecule has 0 spiro atoms. The fraction of sp³-hybridized carbons (Fsp3) is 0.714. The number of nitrogens with one attached hydrogen (secondary N) is 1. The van der Waals surface area contributed by atoms with E-state index < -0.39 is 0 Å². The molecule has 1 aliphatic carbocycles. The average Bonchev–Trinajstić information content (AvgIpc) is 2.42. The van der Waals surface area contributed by atoms with Gasteiger partial charge in [-0.3, -0.25) is 0 Å². The molecule has 2 aliphatic rings. The van der Waals surface area contributed by atoms with E-state index in [1.54, 1.807) is 6.07 Å². The number of ether oxygens (including phenoxy) is 2. The van der Waals surface area contributed by atoms with Gasteiger partial charge in [0.15, 0.2) is 0 Å². The second-order valence-electron chi connectivity index (χ2n) is 5.64. The maximum atomic E-state index is 6.12. The van der Waals surface area contributed by atoms with Crippen LogP contribution in [0.3, 0.4) is 0 Å². The number of aromatic nitrogens is 2. The van der Waals surface area contributed by atoms with E-state index in [1.165, 1.54) is 0 Å². The minimum Gasteiger partial charge on any atom is -0.474 e. The first-order valence-electron chi connectivity index (χ1n) is 7.38. The van der Waals surface area contributed by atoms with E-state index in [9.17, 15) is 0 Å². The molecule has 1 aliphatic heterocycles. The van der Waals surface area contributed by atoms with Crippen LogP contribution in [0.4, 0.5) is 5.95 Å². The Morgan fingerprint density at radius 3 is 2.86 bits per heavy atom.